The molecule has 1 aromatic heterocycles. The first-order chi connectivity index (χ1) is 8.41. The standard InChI is InChI=1S/C13H25N5/c1-9(2)6-7-15-13(14)16-8-12-10(3)17-18(5)11(12)4/h9H,6-8H2,1-5H3,(H3,14,15,16). The number of aromatic nitrogens is 2. The fraction of sp³-hybridized carbons (Fsp3) is 0.692. The fourth-order valence-electron chi connectivity index (χ4n) is 1.76. The highest BCUT2D eigenvalue weighted by Gasteiger charge is 2.08. The third kappa shape index (κ3) is 4.05. The summed E-state index contributed by atoms with van der Waals surface area (Å²) in [6.07, 6.45) is 1.10. The molecule has 0 saturated heterocycles. The van der Waals surface area contributed by atoms with Crippen LogP contribution in [-0.4, -0.2) is 22.3 Å². The lowest BCUT2D eigenvalue weighted by Crippen LogP contribution is -2.32. The van der Waals surface area contributed by atoms with Gasteiger partial charge in [0.1, 0.15) is 0 Å². The minimum Gasteiger partial charge on any atom is -0.370 e. The van der Waals surface area contributed by atoms with Gasteiger partial charge in [0.2, 0.25) is 0 Å². The van der Waals surface area contributed by atoms with Gasteiger partial charge in [-0.3, -0.25) is 4.68 Å². The molecule has 5 nitrogen and oxygen atoms in total. The first kappa shape index (κ1) is 14.5. The lowest BCUT2D eigenvalue weighted by Gasteiger charge is -2.07. The van der Waals surface area contributed by atoms with Crippen LogP contribution in [0.4, 0.5) is 0 Å². The summed E-state index contributed by atoms with van der Waals surface area (Å²) in [7, 11) is 1.94. The maximum atomic E-state index is 5.83. The first-order valence-corrected chi connectivity index (χ1v) is 6.44. The van der Waals surface area contributed by atoms with Crippen molar-refractivity contribution in [2.24, 2.45) is 23.7 Å². The van der Waals surface area contributed by atoms with Crippen molar-refractivity contribution in [3.8, 4) is 0 Å². The average Bonchev–Trinajstić information content (AvgIpc) is 2.50. The molecule has 0 aliphatic rings. The lowest BCUT2D eigenvalue weighted by molar-refractivity contribution is 0.576. The van der Waals surface area contributed by atoms with Crippen molar-refractivity contribution in [1.29, 1.82) is 0 Å². The predicted molar refractivity (Wildman–Crippen MR) is 75.5 cm³/mol. The third-order valence-electron chi connectivity index (χ3n) is 3.09. The number of nitrogens with one attached hydrogen (secondary N) is 1. The van der Waals surface area contributed by atoms with Gasteiger partial charge in [0.15, 0.2) is 5.96 Å². The van der Waals surface area contributed by atoms with Gasteiger partial charge < -0.3 is 11.1 Å². The molecule has 0 spiro atoms. The first-order valence-electron chi connectivity index (χ1n) is 6.44. The van der Waals surface area contributed by atoms with E-state index in [0.717, 1.165) is 29.9 Å². The van der Waals surface area contributed by atoms with Crippen molar-refractivity contribution >= 4 is 5.96 Å². The van der Waals surface area contributed by atoms with Crippen LogP contribution in [-0.2, 0) is 13.6 Å². The molecule has 102 valence electrons. The van der Waals surface area contributed by atoms with Gasteiger partial charge in [-0.2, -0.15) is 5.10 Å². The largest absolute Gasteiger partial charge is 0.370 e. The van der Waals surface area contributed by atoms with Crippen molar-refractivity contribution in [1.82, 2.24) is 15.1 Å². The highest BCUT2D eigenvalue weighted by molar-refractivity contribution is 5.77. The Balaban J connectivity index is 2.52. The summed E-state index contributed by atoms with van der Waals surface area (Å²) in [6, 6.07) is 0. The topological polar surface area (TPSA) is 68.2 Å². The molecule has 0 saturated carbocycles. The van der Waals surface area contributed by atoms with Crippen LogP contribution >= 0.6 is 0 Å². The highest BCUT2D eigenvalue weighted by atomic mass is 15.3. The third-order valence-corrected chi connectivity index (χ3v) is 3.09. The molecule has 0 fully saturated rings. The Morgan fingerprint density at radius 1 is 1.44 bits per heavy atom. The Bertz CT molecular complexity index is 417. The van der Waals surface area contributed by atoms with E-state index in [1.54, 1.807) is 0 Å². The van der Waals surface area contributed by atoms with Gasteiger partial charge in [0, 0.05) is 24.8 Å². The van der Waals surface area contributed by atoms with E-state index in [0.29, 0.717) is 18.4 Å². The molecule has 1 heterocycles. The van der Waals surface area contributed by atoms with E-state index in [-0.39, 0.29) is 0 Å². The van der Waals surface area contributed by atoms with Crippen LogP contribution in [0, 0.1) is 19.8 Å². The van der Waals surface area contributed by atoms with Gasteiger partial charge in [0.25, 0.3) is 0 Å². The molecule has 1 rings (SSSR count). The molecule has 0 aromatic carbocycles. The lowest BCUT2D eigenvalue weighted by atomic mass is 10.1. The molecule has 0 aliphatic carbocycles. The summed E-state index contributed by atoms with van der Waals surface area (Å²) < 4.78 is 1.88. The van der Waals surface area contributed by atoms with Gasteiger partial charge in [-0.25, -0.2) is 4.99 Å². The van der Waals surface area contributed by atoms with Crippen LogP contribution in [0.5, 0.6) is 0 Å². The maximum Gasteiger partial charge on any atom is 0.188 e. The van der Waals surface area contributed by atoms with Crippen molar-refractivity contribution in [2.75, 3.05) is 6.54 Å². The number of guanidine groups is 1. The number of hydrogen-bond donors (Lipinski definition) is 2. The van der Waals surface area contributed by atoms with Gasteiger partial charge in [-0.05, 0) is 26.2 Å². The SMILES string of the molecule is Cc1nn(C)c(C)c1CN=C(N)NCCC(C)C. The fourth-order valence-corrected chi connectivity index (χ4v) is 1.76. The van der Waals surface area contributed by atoms with Gasteiger partial charge in [0.05, 0.1) is 12.2 Å². The molecule has 3 N–H and O–H groups in total. The zero-order valence-electron chi connectivity index (χ0n) is 12.1. The van der Waals surface area contributed by atoms with E-state index in [2.05, 4.69) is 29.3 Å². The second-order valence-electron chi connectivity index (χ2n) is 5.08. The van der Waals surface area contributed by atoms with E-state index in [9.17, 15) is 0 Å². The average molecular weight is 251 g/mol. The van der Waals surface area contributed by atoms with Crippen LogP contribution in [0.1, 0.15) is 37.2 Å². The van der Waals surface area contributed by atoms with Crippen molar-refractivity contribution in [2.45, 2.75) is 40.7 Å². The Kier molecular flexibility index (Phi) is 5.19. The van der Waals surface area contributed by atoms with Crippen LogP contribution in [0.3, 0.4) is 0 Å². The Hall–Kier alpha value is -1.52. The number of aryl methyl sites for hydroxylation is 2. The monoisotopic (exact) mass is 251 g/mol. The minimum absolute atomic E-state index is 0.512. The number of nitrogens with two attached hydrogens (primary N) is 1. The van der Waals surface area contributed by atoms with Gasteiger partial charge >= 0.3 is 0 Å². The van der Waals surface area contributed by atoms with E-state index in [1.807, 2.05) is 25.6 Å². The van der Waals surface area contributed by atoms with E-state index in [4.69, 9.17) is 5.73 Å². The molecule has 0 radical (unpaired) electrons. The molecule has 5 heteroatoms. The summed E-state index contributed by atoms with van der Waals surface area (Å²) in [5.41, 5.74) is 9.15. The molecular weight excluding hydrogens is 226 g/mol. The summed E-state index contributed by atoms with van der Waals surface area (Å²) in [6.45, 7) is 9.90. The molecule has 18 heavy (non-hydrogen) atoms. The molecule has 0 atom stereocenters. The van der Waals surface area contributed by atoms with E-state index >= 15 is 0 Å². The van der Waals surface area contributed by atoms with Crippen LogP contribution in [0.15, 0.2) is 4.99 Å². The smallest absolute Gasteiger partial charge is 0.188 e. The Labute approximate surface area is 109 Å². The van der Waals surface area contributed by atoms with E-state index in [1.165, 1.54) is 0 Å². The summed E-state index contributed by atoms with van der Waals surface area (Å²) >= 11 is 0. The zero-order chi connectivity index (χ0) is 13.7. The molecule has 0 bridgehead atoms. The van der Waals surface area contributed by atoms with Crippen molar-refractivity contribution in [3.05, 3.63) is 17.0 Å². The van der Waals surface area contributed by atoms with Gasteiger partial charge in [-0.1, -0.05) is 13.8 Å². The zero-order valence-corrected chi connectivity index (χ0v) is 12.1. The number of nitrogens with zero attached hydrogens (tertiary/aromatic N) is 3. The van der Waals surface area contributed by atoms with Crippen LogP contribution in [0.25, 0.3) is 0 Å². The number of hydrogen-bond acceptors (Lipinski definition) is 2. The van der Waals surface area contributed by atoms with E-state index < -0.39 is 0 Å². The second kappa shape index (κ2) is 6.42. The van der Waals surface area contributed by atoms with Crippen LogP contribution in [0.2, 0.25) is 0 Å². The Morgan fingerprint density at radius 2 is 2.11 bits per heavy atom. The summed E-state index contributed by atoms with van der Waals surface area (Å²) in [5.74, 6) is 1.19. The quantitative estimate of drug-likeness (QED) is 0.615. The predicted octanol–water partition coefficient (Wildman–Crippen LogP) is 1.49. The normalized spacial score (nSPS) is 12.2. The molecule has 0 amide bonds. The van der Waals surface area contributed by atoms with Crippen LogP contribution < -0.4 is 11.1 Å². The van der Waals surface area contributed by atoms with Crippen molar-refractivity contribution in [3.63, 3.8) is 0 Å². The van der Waals surface area contributed by atoms with Crippen molar-refractivity contribution < 1.29 is 0 Å². The molecule has 0 unspecified atom stereocenters. The molecular formula is C13H25N5. The summed E-state index contributed by atoms with van der Waals surface area (Å²) in [5, 5.41) is 7.49. The second-order valence-corrected chi connectivity index (χ2v) is 5.08. The maximum absolute atomic E-state index is 5.83. The highest BCUT2D eigenvalue weighted by Crippen LogP contribution is 2.12. The van der Waals surface area contributed by atoms with Gasteiger partial charge in [-0.15, -0.1) is 0 Å². The number of aliphatic imine (C=N–C) groups is 1. The Morgan fingerprint density at radius 3 is 2.61 bits per heavy atom. The number of rotatable bonds is 5. The summed E-state index contributed by atoms with van der Waals surface area (Å²) in [4.78, 5) is 4.36. The minimum atomic E-state index is 0.512. The molecule has 1 aromatic rings. The molecule has 0 aliphatic heterocycles.